The van der Waals surface area contributed by atoms with Crippen molar-refractivity contribution in [1.29, 1.82) is 0 Å². The van der Waals surface area contributed by atoms with E-state index in [1.54, 1.807) is 6.07 Å². The number of ether oxygens (including phenoxy) is 1. The van der Waals surface area contributed by atoms with E-state index in [2.05, 4.69) is 21.2 Å². The summed E-state index contributed by atoms with van der Waals surface area (Å²) in [4.78, 5) is 14.0. The van der Waals surface area contributed by atoms with Gasteiger partial charge in [-0.3, -0.25) is 5.10 Å². The third-order valence-electron chi connectivity index (χ3n) is 4.12. The van der Waals surface area contributed by atoms with E-state index in [0.717, 1.165) is 31.6 Å². The van der Waals surface area contributed by atoms with Crippen LogP contribution in [0.2, 0.25) is 0 Å². The van der Waals surface area contributed by atoms with Gasteiger partial charge < -0.3 is 9.64 Å². The molecule has 5 heteroatoms. The predicted molar refractivity (Wildman–Crippen MR) is 80.6 cm³/mol. The first-order valence-corrected chi connectivity index (χ1v) is 7.20. The van der Waals surface area contributed by atoms with Crippen LogP contribution >= 0.6 is 0 Å². The molecule has 0 atom stereocenters. The lowest BCUT2D eigenvalue weighted by atomic mass is 9.88. The smallest absolute Gasteiger partial charge is 0.337 e. The Hall–Kier alpha value is -2.30. The molecule has 0 spiro atoms. The third kappa shape index (κ3) is 2.91. The highest BCUT2D eigenvalue weighted by molar-refractivity contribution is 5.89. The Morgan fingerprint density at radius 3 is 2.86 bits per heavy atom. The Morgan fingerprint density at radius 2 is 2.19 bits per heavy atom. The number of methoxy groups -OCH3 is 1. The summed E-state index contributed by atoms with van der Waals surface area (Å²) in [5.41, 5.74) is 3.01. The number of nitrogens with zero attached hydrogens (tertiary/aromatic N) is 2. The standard InChI is InChI=1S/C16H19N3O2/c1-21-16(20)14-4-2-3-13(9-14)12-5-7-19(8-6-12)15-10-17-18-11-15/h2-4,9-12H,5-8H2,1H3,(H,17,18). The molecule has 2 aromatic rings. The zero-order chi connectivity index (χ0) is 14.7. The van der Waals surface area contributed by atoms with Gasteiger partial charge in [0.15, 0.2) is 0 Å². The van der Waals surface area contributed by atoms with Crippen LogP contribution in [0, 0.1) is 0 Å². The molecule has 110 valence electrons. The molecule has 0 amide bonds. The van der Waals surface area contributed by atoms with Crippen LogP contribution in [0.25, 0.3) is 0 Å². The second kappa shape index (κ2) is 5.99. The molecule has 0 aliphatic carbocycles. The summed E-state index contributed by atoms with van der Waals surface area (Å²) in [7, 11) is 1.42. The molecule has 1 aliphatic rings. The van der Waals surface area contributed by atoms with Gasteiger partial charge >= 0.3 is 5.97 Å². The van der Waals surface area contributed by atoms with Crippen LogP contribution in [0.15, 0.2) is 36.7 Å². The first kappa shape index (κ1) is 13.7. The normalized spacial score (nSPS) is 16.0. The fourth-order valence-corrected chi connectivity index (χ4v) is 2.93. The summed E-state index contributed by atoms with van der Waals surface area (Å²) < 4.78 is 4.79. The van der Waals surface area contributed by atoms with Gasteiger partial charge in [-0.05, 0) is 36.5 Å². The number of hydrogen-bond donors (Lipinski definition) is 1. The van der Waals surface area contributed by atoms with E-state index in [4.69, 9.17) is 4.74 Å². The molecule has 21 heavy (non-hydrogen) atoms. The Morgan fingerprint density at radius 1 is 1.38 bits per heavy atom. The molecule has 1 aliphatic heterocycles. The third-order valence-corrected chi connectivity index (χ3v) is 4.12. The molecule has 5 nitrogen and oxygen atoms in total. The van der Waals surface area contributed by atoms with Crippen LogP contribution in [-0.4, -0.2) is 36.4 Å². The van der Waals surface area contributed by atoms with Crippen molar-refractivity contribution in [3.05, 3.63) is 47.8 Å². The quantitative estimate of drug-likeness (QED) is 0.881. The zero-order valence-electron chi connectivity index (χ0n) is 12.1. The molecular weight excluding hydrogens is 266 g/mol. The van der Waals surface area contributed by atoms with Crippen LogP contribution in [0.4, 0.5) is 5.69 Å². The van der Waals surface area contributed by atoms with Crippen LogP contribution in [0.3, 0.4) is 0 Å². The Balaban J connectivity index is 1.68. The van der Waals surface area contributed by atoms with E-state index < -0.39 is 0 Å². The van der Waals surface area contributed by atoms with Gasteiger partial charge in [0.05, 0.1) is 24.6 Å². The Kier molecular flexibility index (Phi) is 3.90. The van der Waals surface area contributed by atoms with Crippen molar-refractivity contribution < 1.29 is 9.53 Å². The predicted octanol–water partition coefficient (Wildman–Crippen LogP) is 2.58. The average molecular weight is 285 g/mol. The van der Waals surface area contributed by atoms with Gasteiger partial charge in [0.1, 0.15) is 0 Å². The van der Waals surface area contributed by atoms with E-state index in [1.807, 2.05) is 24.5 Å². The van der Waals surface area contributed by atoms with Crippen molar-refractivity contribution in [2.45, 2.75) is 18.8 Å². The molecule has 1 aromatic heterocycles. The van der Waals surface area contributed by atoms with Crippen LogP contribution in [0.5, 0.6) is 0 Å². The number of rotatable bonds is 3. The van der Waals surface area contributed by atoms with E-state index >= 15 is 0 Å². The SMILES string of the molecule is COC(=O)c1cccc(C2CCN(c3cn[nH]c3)CC2)c1. The molecule has 1 saturated heterocycles. The molecule has 0 unspecified atom stereocenters. The number of carbonyl (C=O) groups excluding carboxylic acids is 1. The molecule has 0 bridgehead atoms. The summed E-state index contributed by atoms with van der Waals surface area (Å²) >= 11 is 0. The highest BCUT2D eigenvalue weighted by Crippen LogP contribution is 2.30. The largest absolute Gasteiger partial charge is 0.465 e. The number of aromatic amines is 1. The maximum Gasteiger partial charge on any atom is 0.337 e. The van der Waals surface area contributed by atoms with Crippen molar-refractivity contribution in [3.63, 3.8) is 0 Å². The fraction of sp³-hybridized carbons (Fsp3) is 0.375. The van der Waals surface area contributed by atoms with Crippen LogP contribution in [-0.2, 0) is 4.74 Å². The van der Waals surface area contributed by atoms with Gasteiger partial charge in [-0.2, -0.15) is 5.10 Å². The van der Waals surface area contributed by atoms with Gasteiger partial charge in [0, 0.05) is 19.3 Å². The first-order chi connectivity index (χ1) is 10.3. The van der Waals surface area contributed by atoms with Crippen molar-refractivity contribution in [1.82, 2.24) is 10.2 Å². The summed E-state index contributed by atoms with van der Waals surface area (Å²) in [5, 5.41) is 6.85. The van der Waals surface area contributed by atoms with Crippen molar-refractivity contribution in [2.24, 2.45) is 0 Å². The molecule has 0 radical (unpaired) electrons. The molecule has 3 rings (SSSR count). The lowest BCUT2D eigenvalue weighted by Gasteiger charge is -2.32. The van der Waals surface area contributed by atoms with Crippen molar-refractivity contribution >= 4 is 11.7 Å². The summed E-state index contributed by atoms with van der Waals surface area (Å²) in [5.74, 6) is 0.227. The molecule has 1 fully saturated rings. The lowest BCUT2D eigenvalue weighted by molar-refractivity contribution is 0.0600. The zero-order valence-corrected chi connectivity index (χ0v) is 12.1. The van der Waals surface area contributed by atoms with Crippen LogP contribution < -0.4 is 4.90 Å². The minimum Gasteiger partial charge on any atom is -0.465 e. The van der Waals surface area contributed by atoms with E-state index in [-0.39, 0.29) is 5.97 Å². The molecule has 2 heterocycles. The van der Waals surface area contributed by atoms with Crippen LogP contribution in [0.1, 0.15) is 34.7 Å². The number of benzene rings is 1. The first-order valence-electron chi connectivity index (χ1n) is 7.20. The number of nitrogens with one attached hydrogen (secondary N) is 1. The van der Waals surface area contributed by atoms with E-state index in [1.165, 1.54) is 12.7 Å². The minimum absolute atomic E-state index is 0.271. The van der Waals surface area contributed by atoms with Gasteiger partial charge in [-0.1, -0.05) is 12.1 Å². The van der Waals surface area contributed by atoms with E-state index in [9.17, 15) is 4.79 Å². The fourth-order valence-electron chi connectivity index (χ4n) is 2.93. The Labute approximate surface area is 123 Å². The number of piperidine rings is 1. The highest BCUT2D eigenvalue weighted by Gasteiger charge is 2.22. The second-order valence-electron chi connectivity index (χ2n) is 5.33. The number of anilines is 1. The Bertz CT molecular complexity index is 602. The lowest BCUT2D eigenvalue weighted by Crippen LogP contribution is -2.32. The molecule has 0 saturated carbocycles. The number of H-pyrrole nitrogens is 1. The maximum absolute atomic E-state index is 11.6. The maximum atomic E-state index is 11.6. The summed E-state index contributed by atoms with van der Waals surface area (Å²) in [6.45, 7) is 2.01. The second-order valence-corrected chi connectivity index (χ2v) is 5.33. The van der Waals surface area contributed by atoms with E-state index in [0.29, 0.717) is 11.5 Å². The average Bonchev–Trinajstić information content (AvgIpc) is 3.09. The van der Waals surface area contributed by atoms with Crippen molar-refractivity contribution in [3.8, 4) is 0 Å². The summed E-state index contributed by atoms with van der Waals surface area (Å²) in [6, 6.07) is 7.80. The summed E-state index contributed by atoms with van der Waals surface area (Å²) in [6.07, 6.45) is 5.95. The minimum atomic E-state index is -0.271. The number of aromatic nitrogens is 2. The molecule has 1 aromatic carbocycles. The van der Waals surface area contributed by atoms with Gasteiger partial charge in [0.2, 0.25) is 0 Å². The highest BCUT2D eigenvalue weighted by atomic mass is 16.5. The number of esters is 1. The monoisotopic (exact) mass is 285 g/mol. The topological polar surface area (TPSA) is 58.2 Å². The molecule has 1 N–H and O–H groups in total. The molecular formula is C16H19N3O2. The number of hydrogen-bond acceptors (Lipinski definition) is 4. The van der Waals surface area contributed by atoms with Gasteiger partial charge in [-0.15, -0.1) is 0 Å². The number of carbonyl (C=O) groups is 1. The van der Waals surface area contributed by atoms with Gasteiger partial charge in [0.25, 0.3) is 0 Å². The van der Waals surface area contributed by atoms with Crippen molar-refractivity contribution in [2.75, 3.05) is 25.1 Å². The van der Waals surface area contributed by atoms with Gasteiger partial charge in [-0.25, -0.2) is 4.79 Å².